The van der Waals surface area contributed by atoms with Crippen molar-refractivity contribution in [3.8, 4) is 11.6 Å². The predicted molar refractivity (Wildman–Crippen MR) is 115 cm³/mol. The van der Waals surface area contributed by atoms with E-state index < -0.39 is 5.91 Å². The Morgan fingerprint density at radius 2 is 1.74 bits per heavy atom. The fourth-order valence-electron chi connectivity index (χ4n) is 2.85. The molecule has 0 spiro atoms. The lowest BCUT2D eigenvalue weighted by molar-refractivity contribution is 0.0996. The Balaban J connectivity index is 1.34. The van der Waals surface area contributed by atoms with Crippen molar-refractivity contribution in [2.24, 2.45) is 5.73 Å². The number of rotatable bonds is 7. The van der Waals surface area contributed by atoms with E-state index in [1.165, 1.54) is 12.4 Å². The molecule has 0 saturated carbocycles. The Morgan fingerprint density at radius 3 is 2.42 bits per heavy atom. The number of pyridine rings is 2. The van der Waals surface area contributed by atoms with Gasteiger partial charge in [0.15, 0.2) is 0 Å². The SMILES string of the molecule is NC(=O)c1cncc(OCc2ccc(NC(=O)c3ccc(-n4cccc4)nc3)cc2)c1. The summed E-state index contributed by atoms with van der Waals surface area (Å²) < 4.78 is 7.51. The third-order valence-corrected chi connectivity index (χ3v) is 4.49. The molecule has 3 heterocycles. The van der Waals surface area contributed by atoms with Gasteiger partial charge in [0.25, 0.3) is 5.91 Å². The Hall–Kier alpha value is -4.46. The molecule has 0 radical (unpaired) electrons. The summed E-state index contributed by atoms with van der Waals surface area (Å²) in [4.78, 5) is 31.9. The molecule has 154 valence electrons. The van der Waals surface area contributed by atoms with Crippen LogP contribution in [-0.4, -0.2) is 26.3 Å². The van der Waals surface area contributed by atoms with Crippen LogP contribution < -0.4 is 15.8 Å². The van der Waals surface area contributed by atoms with E-state index in [1.807, 2.05) is 41.2 Å². The van der Waals surface area contributed by atoms with E-state index in [0.717, 1.165) is 11.4 Å². The zero-order chi connectivity index (χ0) is 21.6. The number of nitrogens with two attached hydrogens (primary N) is 1. The number of hydrogen-bond acceptors (Lipinski definition) is 5. The van der Waals surface area contributed by atoms with Gasteiger partial charge in [-0.1, -0.05) is 12.1 Å². The maximum atomic E-state index is 12.5. The number of ether oxygens (including phenoxy) is 1. The van der Waals surface area contributed by atoms with E-state index in [0.29, 0.717) is 17.0 Å². The largest absolute Gasteiger partial charge is 0.487 e. The van der Waals surface area contributed by atoms with Crippen LogP contribution in [0.5, 0.6) is 5.75 Å². The first-order valence-electron chi connectivity index (χ1n) is 9.46. The number of carbonyl (C=O) groups is 2. The molecule has 4 aromatic rings. The number of nitrogens with zero attached hydrogens (tertiary/aromatic N) is 3. The number of carbonyl (C=O) groups excluding carboxylic acids is 2. The molecule has 0 aliphatic rings. The van der Waals surface area contributed by atoms with Gasteiger partial charge < -0.3 is 20.4 Å². The van der Waals surface area contributed by atoms with Crippen molar-refractivity contribution in [1.82, 2.24) is 14.5 Å². The quantitative estimate of drug-likeness (QED) is 0.483. The average Bonchev–Trinajstić information content (AvgIpc) is 3.34. The van der Waals surface area contributed by atoms with E-state index in [9.17, 15) is 9.59 Å². The van der Waals surface area contributed by atoms with Crippen molar-refractivity contribution in [2.45, 2.75) is 6.61 Å². The molecule has 31 heavy (non-hydrogen) atoms. The van der Waals surface area contributed by atoms with Crippen LogP contribution in [0.25, 0.3) is 5.82 Å². The normalized spacial score (nSPS) is 10.5. The molecule has 0 aliphatic carbocycles. The highest BCUT2D eigenvalue weighted by Crippen LogP contribution is 2.16. The monoisotopic (exact) mass is 413 g/mol. The number of amides is 2. The Kier molecular flexibility index (Phi) is 5.70. The van der Waals surface area contributed by atoms with Crippen LogP contribution >= 0.6 is 0 Å². The van der Waals surface area contributed by atoms with Gasteiger partial charge in [0, 0.05) is 30.5 Å². The van der Waals surface area contributed by atoms with Gasteiger partial charge in [0.2, 0.25) is 5.91 Å². The van der Waals surface area contributed by atoms with Gasteiger partial charge in [-0.25, -0.2) is 4.98 Å². The van der Waals surface area contributed by atoms with E-state index in [2.05, 4.69) is 15.3 Å². The van der Waals surface area contributed by atoms with E-state index in [1.54, 1.807) is 36.5 Å². The summed E-state index contributed by atoms with van der Waals surface area (Å²) in [6, 6.07) is 16.1. The molecule has 0 bridgehead atoms. The number of anilines is 1. The van der Waals surface area contributed by atoms with Crippen LogP contribution in [0.1, 0.15) is 26.3 Å². The second-order valence-corrected chi connectivity index (χ2v) is 6.71. The lowest BCUT2D eigenvalue weighted by Gasteiger charge is -2.09. The predicted octanol–water partition coefficient (Wildman–Crippen LogP) is 3.20. The highest BCUT2D eigenvalue weighted by Gasteiger charge is 2.08. The molecule has 0 unspecified atom stereocenters. The standard InChI is InChI=1S/C23H19N5O3/c24-22(29)18-11-20(14-25-12-18)31-15-16-3-6-19(7-4-16)27-23(30)17-5-8-21(26-13-17)28-9-1-2-10-28/h1-14H,15H2,(H2,24,29)(H,27,30). The first kappa shape index (κ1) is 19.8. The van der Waals surface area contributed by atoms with Gasteiger partial charge >= 0.3 is 0 Å². The van der Waals surface area contributed by atoms with E-state index in [4.69, 9.17) is 10.5 Å². The maximum Gasteiger partial charge on any atom is 0.257 e. The van der Waals surface area contributed by atoms with Gasteiger partial charge in [-0.3, -0.25) is 14.6 Å². The van der Waals surface area contributed by atoms with Crippen LogP contribution in [0, 0.1) is 0 Å². The summed E-state index contributed by atoms with van der Waals surface area (Å²) in [6.45, 7) is 0.281. The molecule has 2 amide bonds. The number of benzene rings is 1. The maximum absolute atomic E-state index is 12.5. The first-order chi connectivity index (χ1) is 15.1. The summed E-state index contributed by atoms with van der Waals surface area (Å²) in [5.41, 5.74) is 7.53. The zero-order valence-electron chi connectivity index (χ0n) is 16.4. The molecular formula is C23H19N5O3. The first-order valence-corrected chi connectivity index (χ1v) is 9.46. The van der Waals surface area contributed by atoms with Crippen LogP contribution in [0.2, 0.25) is 0 Å². The number of nitrogens with one attached hydrogen (secondary N) is 1. The fourth-order valence-corrected chi connectivity index (χ4v) is 2.85. The van der Waals surface area contributed by atoms with Crippen molar-refractivity contribution in [3.63, 3.8) is 0 Å². The topological polar surface area (TPSA) is 112 Å². The molecule has 0 atom stereocenters. The molecule has 8 heteroatoms. The van der Waals surface area contributed by atoms with Crippen LogP contribution in [-0.2, 0) is 6.61 Å². The molecular weight excluding hydrogens is 394 g/mol. The van der Waals surface area contributed by atoms with E-state index >= 15 is 0 Å². The minimum Gasteiger partial charge on any atom is -0.487 e. The molecule has 1 aromatic carbocycles. The lowest BCUT2D eigenvalue weighted by atomic mass is 10.2. The third-order valence-electron chi connectivity index (χ3n) is 4.49. The highest BCUT2D eigenvalue weighted by atomic mass is 16.5. The average molecular weight is 413 g/mol. The summed E-state index contributed by atoms with van der Waals surface area (Å²) in [7, 11) is 0. The second kappa shape index (κ2) is 8.91. The molecule has 0 aliphatic heterocycles. The van der Waals surface area contributed by atoms with Crippen molar-refractivity contribution < 1.29 is 14.3 Å². The van der Waals surface area contributed by atoms with Crippen molar-refractivity contribution in [2.75, 3.05) is 5.32 Å². The molecule has 0 fully saturated rings. The lowest BCUT2D eigenvalue weighted by Crippen LogP contribution is -2.12. The third kappa shape index (κ3) is 4.94. The molecule has 3 aromatic heterocycles. The highest BCUT2D eigenvalue weighted by molar-refractivity contribution is 6.04. The smallest absolute Gasteiger partial charge is 0.257 e. The molecule has 8 nitrogen and oxygen atoms in total. The van der Waals surface area contributed by atoms with Crippen molar-refractivity contribution in [3.05, 3.63) is 102 Å². The molecule has 3 N–H and O–H groups in total. The van der Waals surface area contributed by atoms with Crippen molar-refractivity contribution in [1.29, 1.82) is 0 Å². The minimum absolute atomic E-state index is 0.245. The molecule has 4 rings (SSSR count). The summed E-state index contributed by atoms with van der Waals surface area (Å²) >= 11 is 0. The van der Waals surface area contributed by atoms with Gasteiger partial charge in [0.05, 0.1) is 17.3 Å². The fraction of sp³-hybridized carbons (Fsp3) is 0.0435. The van der Waals surface area contributed by atoms with Crippen molar-refractivity contribution >= 4 is 17.5 Å². The Labute approximate surface area is 178 Å². The van der Waals surface area contributed by atoms with Crippen LogP contribution in [0.4, 0.5) is 5.69 Å². The van der Waals surface area contributed by atoms with Gasteiger partial charge in [0.1, 0.15) is 18.2 Å². The van der Waals surface area contributed by atoms with Crippen LogP contribution in [0.3, 0.4) is 0 Å². The van der Waals surface area contributed by atoms with Gasteiger partial charge in [-0.05, 0) is 48.0 Å². The Morgan fingerprint density at radius 1 is 0.968 bits per heavy atom. The second-order valence-electron chi connectivity index (χ2n) is 6.71. The van der Waals surface area contributed by atoms with Crippen LogP contribution in [0.15, 0.2) is 85.6 Å². The summed E-state index contributed by atoms with van der Waals surface area (Å²) in [6.07, 6.45) is 8.21. The minimum atomic E-state index is -0.562. The van der Waals surface area contributed by atoms with E-state index in [-0.39, 0.29) is 18.1 Å². The summed E-state index contributed by atoms with van der Waals surface area (Å²) in [5.74, 6) is 0.379. The Bertz CT molecular complexity index is 1190. The van der Waals surface area contributed by atoms with Gasteiger partial charge in [-0.15, -0.1) is 0 Å². The van der Waals surface area contributed by atoms with Gasteiger partial charge in [-0.2, -0.15) is 0 Å². The molecule has 0 saturated heterocycles. The number of primary amides is 1. The number of hydrogen-bond donors (Lipinski definition) is 2. The summed E-state index contributed by atoms with van der Waals surface area (Å²) in [5, 5.41) is 2.85. The zero-order valence-corrected chi connectivity index (χ0v) is 16.4. The number of aromatic nitrogens is 3.